The van der Waals surface area contributed by atoms with Gasteiger partial charge in [-0.15, -0.1) is 0 Å². The minimum absolute atomic E-state index is 0.0482. The number of hydrogen-bond donors (Lipinski definition) is 2. The molecule has 1 aromatic carbocycles. The fourth-order valence-corrected chi connectivity index (χ4v) is 5.11. The number of benzene rings is 1. The number of carbonyl (C=O) groups excluding carboxylic acids is 1. The maximum atomic E-state index is 12.0. The van der Waals surface area contributed by atoms with E-state index in [-0.39, 0.29) is 19.9 Å². The van der Waals surface area contributed by atoms with Gasteiger partial charge in [-0.3, -0.25) is 10.3 Å². The molecule has 2 aromatic rings. The number of rotatable bonds is 23. The second-order valence-electron chi connectivity index (χ2n) is 9.35. The number of ether oxygens (including phenoxy) is 7. The van der Waals surface area contributed by atoms with Gasteiger partial charge in [-0.1, -0.05) is 18.0 Å². The van der Waals surface area contributed by atoms with E-state index in [1.54, 1.807) is 36.2 Å². The highest BCUT2D eigenvalue weighted by atomic mass is 79.9. The van der Waals surface area contributed by atoms with E-state index >= 15 is 0 Å². The van der Waals surface area contributed by atoms with Gasteiger partial charge in [-0.25, -0.2) is 4.79 Å². The van der Waals surface area contributed by atoms with Crippen LogP contribution in [-0.4, -0.2) is 85.2 Å². The van der Waals surface area contributed by atoms with Gasteiger partial charge < -0.3 is 38.5 Å². The summed E-state index contributed by atoms with van der Waals surface area (Å²) >= 11 is 12.9. The fourth-order valence-electron chi connectivity index (χ4n) is 3.56. The maximum Gasteiger partial charge on any atom is 0.513 e. The van der Waals surface area contributed by atoms with Gasteiger partial charge >= 0.3 is 6.16 Å². The molecule has 0 bridgehead atoms. The van der Waals surface area contributed by atoms with Gasteiger partial charge in [-0.2, -0.15) is 9.83 Å². The lowest BCUT2D eigenvalue weighted by molar-refractivity contribution is -0.728. The molecule has 1 aromatic heterocycles. The van der Waals surface area contributed by atoms with Crippen LogP contribution in [0.1, 0.15) is 25.7 Å². The van der Waals surface area contributed by atoms with Crippen molar-refractivity contribution in [1.82, 2.24) is 5.32 Å². The SMILES string of the molecule is COCCOCCOCCOCCOC(=O)OC[n+]1cc(Br)c(NC(=NCCCCCCOc2ccc(Cl)cc2)NC#N)c(Br)c1. The van der Waals surface area contributed by atoms with Crippen molar-refractivity contribution in [2.24, 2.45) is 4.99 Å². The van der Waals surface area contributed by atoms with E-state index in [2.05, 4.69) is 47.5 Å². The minimum Gasteiger partial charge on any atom is -0.494 e. The summed E-state index contributed by atoms with van der Waals surface area (Å²) in [5.74, 6) is 1.12. The molecule has 13 nitrogen and oxygen atoms in total. The molecule has 0 spiro atoms. The van der Waals surface area contributed by atoms with Gasteiger partial charge in [0, 0.05) is 18.7 Å². The number of halogens is 3. The lowest BCUT2D eigenvalue weighted by Crippen LogP contribution is -2.37. The first kappa shape index (κ1) is 39.5. The highest BCUT2D eigenvalue weighted by Gasteiger charge is 2.16. The number of aliphatic imine (C=N–C) groups is 1. The first-order valence-corrected chi connectivity index (χ1v) is 16.6. The Morgan fingerprint density at radius 3 is 2.11 bits per heavy atom. The summed E-state index contributed by atoms with van der Waals surface area (Å²) in [6.07, 6.45) is 8.26. The Labute approximate surface area is 291 Å². The highest BCUT2D eigenvalue weighted by molar-refractivity contribution is 9.11. The number of carbonyl (C=O) groups is 1. The number of nitrogens with one attached hydrogen (secondary N) is 2. The Morgan fingerprint density at radius 1 is 0.870 bits per heavy atom. The number of pyridine rings is 1. The van der Waals surface area contributed by atoms with Crippen LogP contribution in [0.4, 0.5) is 10.5 Å². The largest absolute Gasteiger partial charge is 0.513 e. The molecular formula is C30H41Br2ClN5O8+. The third kappa shape index (κ3) is 18.4. The summed E-state index contributed by atoms with van der Waals surface area (Å²) in [6.45, 7) is 4.17. The summed E-state index contributed by atoms with van der Waals surface area (Å²) < 4.78 is 39.7. The van der Waals surface area contributed by atoms with Crippen LogP contribution >= 0.6 is 43.5 Å². The van der Waals surface area contributed by atoms with Crippen LogP contribution in [0.3, 0.4) is 0 Å². The van der Waals surface area contributed by atoms with E-state index in [9.17, 15) is 10.1 Å². The maximum absolute atomic E-state index is 12.0. The quantitative estimate of drug-likeness (QED) is 0.0282. The first-order valence-electron chi connectivity index (χ1n) is 14.7. The number of guanidine groups is 1. The van der Waals surface area contributed by atoms with Crippen LogP contribution < -0.4 is 19.9 Å². The van der Waals surface area contributed by atoms with Crippen LogP contribution in [0.5, 0.6) is 5.75 Å². The van der Waals surface area contributed by atoms with Gasteiger partial charge in [0.1, 0.15) is 21.3 Å². The number of methoxy groups -OCH3 is 1. The average molecular weight is 795 g/mol. The first-order chi connectivity index (χ1) is 22.4. The van der Waals surface area contributed by atoms with Crippen molar-refractivity contribution in [3.8, 4) is 11.9 Å². The van der Waals surface area contributed by atoms with Crippen molar-refractivity contribution < 1.29 is 42.5 Å². The molecule has 16 heteroatoms. The third-order valence-corrected chi connectivity index (χ3v) is 7.27. The van der Waals surface area contributed by atoms with Crippen LogP contribution in [0.25, 0.3) is 0 Å². The summed E-state index contributed by atoms with van der Waals surface area (Å²) in [7, 11) is 1.62. The van der Waals surface area contributed by atoms with E-state index in [0.717, 1.165) is 31.4 Å². The molecule has 0 atom stereocenters. The smallest absolute Gasteiger partial charge is 0.494 e. The molecule has 1 heterocycles. The van der Waals surface area contributed by atoms with Gasteiger partial charge in [0.05, 0.1) is 58.5 Å². The predicted molar refractivity (Wildman–Crippen MR) is 179 cm³/mol. The Bertz CT molecular complexity index is 1200. The number of aromatic nitrogens is 1. The minimum atomic E-state index is -0.822. The van der Waals surface area contributed by atoms with E-state index in [0.29, 0.717) is 78.4 Å². The van der Waals surface area contributed by atoms with Crippen molar-refractivity contribution in [2.45, 2.75) is 32.4 Å². The molecule has 2 N–H and O–H groups in total. The van der Waals surface area contributed by atoms with Crippen molar-refractivity contribution in [1.29, 1.82) is 5.26 Å². The van der Waals surface area contributed by atoms with E-state index in [1.165, 1.54) is 0 Å². The van der Waals surface area contributed by atoms with Crippen LogP contribution in [0.15, 0.2) is 50.6 Å². The van der Waals surface area contributed by atoms with Gasteiger partial charge in [0.2, 0.25) is 5.96 Å². The van der Waals surface area contributed by atoms with Crippen molar-refractivity contribution >= 4 is 61.3 Å². The molecule has 0 aliphatic heterocycles. The second kappa shape index (κ2) is 25.4. The number of hydrogen-bond acceptors (Lipinski definition) is 10. The van der Waals surface area contributed by atoms with E-state index in [1.807, 2.05) is 18.3 Å². The van der Waals surface area contributed by atoms with Crippen LogP contribution in [0.2, 0.25) is 5.02 Å². The van der Waals surface area contributed by atoms with Crippen molar-refractivity contribution in [2.75, 3.05) is 78.4 Å². The summed E-state index contributed by atoms with van der Waals surface area (Å²) in [5, 5.41) is 15.6. The number of nitriles is 1. The number of anilines is 1. The van der Waals surface area contributed by atoms with E-state index in [4.69, 9.17) is 44.8 Å². The van der Waals surface area contributed by atoms with Crippen molar-refractivity contribution in [3.63, 3.8) is 0 Å². The molecule has 0 unspecified atom stereocenters. The molecule has 0 amide bonds. The molecule has 0 saturated heterocycles. The van der Waals surface area contributed by atoms with Gasteiger partial charge in [0.25, 0.3) is 6.73 Å². The Balaban J connectivity index is 1.62. The molecule has 46 heavy (non-hydrogen) atoms. The standard InChI is InChI=1S/C30H40Br2ClN5O8/c1-40-12-13-41-14-15-42-16-17-43-18-19-45-30(39)46-23-38-20-26(31)28(27(32)21-38)37-29(36-22-34)35-10-4-2-3-5-11-44-25-8-6-24(33)7-9-25/h6-9,20-21H,2-5,10-19,23H2,1H3,(H,35,36)/p+1. The molecule has 0 aliphatic rings. The Hall–Kier alpha value is -2.71. The molecule has 0 radical (unpaired) electrons. The molecule has 0 aliphatic carbocycles. The summed E-state index contributed by atoms with van der Waals surface area (Å²) in [6, 6.07) is 7.31. The summed E-state index contributed by atoms with van der Waals surface area (Å²) in [5.41, 5.74) is 0.638. The molecule has 0 saturated carbocycles. The Kier molecular flexibility index (Phi) is 21.8. The van der Waals surface area contributed by atoms with Gasteiger partial charge in [-0.05, 0) is 75.4 Å². The predicted octanol–water partition coefficient (Wildman–Crippen LogP) is 5.44. The third-order valence-electron chi connectivity index (χ3n) is 5.81. The topological polar surface area (TPSA) is 146 Å². The van der Waals surface area contributed by atoms with Crippen LogP contribution in [-0.2, 0) is 35.2 Å². The van der Waals surface area contributed by atoms with Crippen LogP contribution in [0, 0.1) is 11.5 Å². The lowest BCUT2D eigenvalue weighted by Gasteiger charge is -2.11. The van der Waals surface area contributed by atoms with Crippen molar-refractivity contribution in [3.05, 3.63) is 50.6 Å². The Morgan fingerprint density at radius 2 is 1.48 bits per heavy atom. The second-order valence-corrected chi connectivity index (χ2v) is 11.5. The molecule has 2 rings (SSSR count). The molecular weight excluding hydrogens is 754 g/mol. The fraction of sp³-hybridized carbons (Fsp3) is 0.533. The monoisotopic (exact) mass is 792 g/mol. The summed E-state index contributed by atoms with van der Waals surface area (Å²) in [4.78, 5) is 16.4. The average Bonchev–Trinajstić information content (AvgIpc) is 3.04. The molecule has 0 fully saturated rings. The highest BCUT2D eigenvalue weighted by Crippen LogP contribution is 2.28. The zero-order chi connectivity index (χ0) is 33.2. The lowest BCUT2D eigenvalue weighted by atomic mass is 10.2. The van der Waals surface area contributed by atoms with Gasteiger partial charge in [0.15, 0.2) is 18.6 Å². The zero-order valence-electron chi connectivity index (χ0n) is 25.8. The number of unbranched alkanes of at least 4 members (excludes halogenated alkanes) is 3. The van der Waals surface area contributed by atoms with E-state index < -0.39 is 6.16 Å². The zero-order valence-corrected chi connectivity index (χ0v) is 29.7. The number of nitrogens with zero attached hydrogens (tertiary/aromatic N) is 3. The normalized spacial score (nSPS) is 11.2. The molecule has 254 valence electrons.